The molecule has 4 aromatic carbocycles. The van der Waals surface area contributed by atoms with Crippen molar-refractivity contribution in [2.24, 2.45) is 0 Å². The second-order valence-corrected chi connectivity index (χ2v) is 12.4. The van der Waals surface area contributed by atoms with E-state index in [0.29, 0.717) is 0 Å². The van der Waals surface area contributed by atoms with Crippen molar-refractivity contribution in [2.75, 3.05) is 22.9 Å². The fraction of sp³-hybridized carbons (Fsp3) is 0.179. The van der Waals surface area contributed by atoms with E-state index in [2.05, 4.69) is 168 Å². The van der Waals surface area contributed by atoms with E-state index in [1.807, 2.05) is 13.0 Å². The Morgan fingerprint density at radius 1 is 0.886 bits per heavy atom. The molecule has 1 aliphatic rings. The summed E-state index contributed by atoms with van der Waals surface area (Å²) in [6.45, 7) is 16.1. The van der Waals surface area contributed by atoms with Crippen LogP contribution in [-0.2, 0) is 28.8 Å². The Hall–Kier alpha value is -3.72. The zero-order chi connectivity index (χ0) is 31.1. The van der Waals surface area contributed by atoms with Crippen LogP contribution in [0.15, 0.2) is 145 Å². The molecule has 5 rings (SSSR count). The van der Waals surface area contributed by atoms with Gasteiger partial charge in [-0.1, -0.05) is 36.9 Å². The summed E-state index contributed by atoms with van der Waals surface area (Å²) >= 11 is -0.223. The van der Waals surface area contributed by atoms with Crippen molar-refractivity contribution in [3.8, 4) is 0 Å². The van der Waals surface area contributed by atoms with Crippen molar-refractivity contribution in [1.29, 1.82) is 0 Å². The standard InChI is InChI=1S/C21H19N.C18H23N2.ClH.Ru/c1-18-10-8-9-13-20(18)17-22(21-14-6-3-7-15-21)16-19-11-4-2-5-12-19;1-5-9-17(15(3)6-2)19-12-13-20(14-19)18-11-8-7-10-16(18)4;;/h1-15H,16-17H2;5-11,14H,2,12-13H2,1,3-4H3;1H;/q;-1;;+1/p-1/b;9-5-,17-15+;;. The summed E-state index contributed by atoms with van der Waals surface area (Å²) in [7, 11) is 6.01. The van der Waals surface area contributed by atoms with Crippen molar-refractivity contribution in [3.63, 3.8) is 0 Å². The number of rotatable bonds is 10. The van der Waals surface area contributed by atoms with Crippen molar-refractivity contribution in [1.82, 2.24) is 4.90 Å². The number of anilines is 2. The molecule has 0 aromatic heterocycles. The molecule has 44 heavy (non-hydrogen) atoms. The average Bonchev–Trinajstić information content (AvgIpc) is 3.55. The summed E-state index contributed by atoms with van der Waals surface area (Å²) in [6.07, 6.45) is 6.14. The Morgan fingerprint density at radius 3 is 2.23 bits per heavy atom. The number of allylic oxidation sites excluding steroid dienone is 4. The first-order valence-electron chi connectivity index (χ1n) is 14.9. The molecule has 0 spiro atoms. The molecule has 0 N–H and O–H groups in total. The molecule has 5 heteroatoms. The van der Waals surface area contributed by atoms with Crippen molar-refractivity contribution in [3.05, 3.63) is 174 Å². The first-order chi connectivity index (χ1) is 21.5. The summed E-state index contributed by atoms with van der Waals surface area (Å²) in [5.41, 5.74) is 10.1. The molecule has 0 unspecified atom stereocenters. The molecule has 0 saturated carbocycles. The summed E-state index contributed by atoms with van der Waals surface area (Å²) in [5, 5.41) is 0. The molecule has 0 aliphatic carbocycles. The number of benzene rings is 4. The zero-order valence-corrected chi connectivity index (χ0v) is 28.4. The van der Waals surface area contributed by atoms with E-state index < -0.39 is 0 Å². The number of aryl methyl sites for hydroxylation is 1. The van der Waals surface area contributed by atoms with Crippen LogP contribution >= 0.6 is 9.69 Å². The van der Waals surface area contributed by atoms with E-state index in [1.54, 1.807) is 0 Å². The predicted molar refractivity (Wildman–Crippen MR) is 187 cm³/mol. The Morgan fingerprint density at radius 2 is 1.55 bits per heavy atom. The normalized spacial score (nSPS) is 13.7. The molecular formula is C39H42ClN3Ru-. The van der Waals surface area contributed by atoms with Gasteiger partial charge >= 0.3 is 155 Å². The third-order valence-electron chi connectivity index (χ3n) is 7.53. The Labute approximate surface area is 276 Å². The van der Waals surface area contributed by atoms with E-state index in [0.717, 1.165) is 26.2 Å². The molecule has 0 atom stereocenters. The van der Waals surface area contributed by atoms with Gasteiger partial charge in [-0.2, -0.15) is 6.67 Å². The fourth-order valence-corrected chi connectivity index (χ4v) is 6.36. The number of hydrogen-bond donors (Lipinski definition) is 0. The number of hydrogen-bond acceptors (Lipinski definition) is 3. The number of halogens is 1. The van der Waals surface area contributed by atoms with Crippen molar-refractivity contribution >= 4 is 25.7 Å². The summed E-state index contributed by atoms with van der Waals surface area (Å²) in [4.78, 5) is 7.02. The molecule has 229 valence electrons. The Balaban J connectivity index is 0.000000204. The predicted octanol–water partition coefficient (Wildman–Crippen LogP) is 9.55. The molecule has 1 aliphatic heterocycles. The molecule has 1 fully saturated rings. The minimum absolute atomic E-state index is 0.223. The molecule has 0 amide bonds. The molecule has 1 heterocycles. The molecule has 3 nitrogen and oxygen atoms in total. The average molecular weight is 689 g/mol. The number of nitrogens with zero attached hydrogens (tertiary/aromatic N) is 3. The zero-order valence-electron chi connectivity index (χ0n) is 25.9. The van der Waals surface area contributed by atoms with Gasteiger partial charge in [0.25, 0.3) is 0 Å². The van der Waals surface area contributed by atoms with Gasteiger partial charge in [0.05, 0.1) is 0 Å². The number of para-hydroxylation sites is 2. The van der Waals surface area contributed by atoms with Gasteiger partial charge in [-0.15, -0.1) is 0 Å². The van der Waals surface area contributed by atoms with Gasteiger partial charge in [-0.05, 0) is 44.1 Å². The van der Waals surface area contributed by atoms with E-state index in [1.165, 1.54) is 44.9 Å². The van der Waals surface area contributed by atoms with Crippen LogP contribution in [0, 0.1) is 13.6 Å². The van der Waals surface area contributed by atoms with Crippen LogP contribution in [0.2, 0.25) is 0 Å². The summed E-state index contributed by atoms with van der Waals surface area (Å²) in [6, 6.07) is 38.2. The Bertz CT molecular complexity index is 1560. The van der Waals surface area contributed by atoms with E-state index >= 15 is 0 Å². The molecule has 0 radical (unpaired) electrons. The van der Waals surface area contributed by atoms with Crippen molar-refractivity contribution < 1.29 is 15.7 Å². The SMILES string of the molecule is C=C/C(C)=C(\C=C/C)N1[CH-]N(c2ccccc2C)CC1.[Cl][Ru]=[CH]c1ccccc1CN(Cc1ccccc1)c1ccccc1. The minimum atomic E-state index is -0.223. The topological polar surface area (TPSA) is 9.72 Å². The van der Waals surface area contributed by atoms with Gasteiger partial charge in [-0.25, -0.2) is 0 Å². The van der Waals surface area contributed by atoms with Gasteiger partial charge in [0, 0.05) is 24.5 Å². The van der Waals surface area contributed by atoms with Crippen LogP contribution in [0.25, 0.3) is 0 Å². The fourth-order valence-electron chi connectivity index (χ4n) is 5.17. The van der Waals surface area contributed by atoms with Crippen LogP contribution in [0.1, 0.15) is 36.1 Å². The monoisotopic (exact) mass is 689 g/mol. The molecular weight excluding hydrogens is 647 g/mol. The second kappa shape index (κ2) is 17.5. The van der Waals surface area contributed by atoms with Crippen LogP contribution in [0.3, 0.4) is 0 Å². The summed E-state index contributed by atoms with van der Waals surface area (Å²) in [5.74, 6) is 0. The Kier molecular flexibility index (Phi) is 13.2. The van der Waals surface area contributed by atoms with E-state index in [9.17, 15) is 0 Å². The molecule has 4 aromatic rings. The molecule has 0 bridgehead atoms. The van der Waals surface area contributed by atoms with Crippen LogP contribution in [-0.4, -0.2) is 22.6 Å². The van der Waals surface area contributed by atoms with Gasteiger partial charge in [0.15, 0.2) is 0 Å². The maximum absolute atomic E-state index is 6.01. The second-order valence-electron chi connectivity index (χ2n) is 10.6. The van der Waals surface area contributed by atoms with E-state index in [4.69, 9.17) is 9.69 Å². The third-order valence-corrected chi connectivity index (χ3v) is 8.72. The molecule has 1 saturated heterocycles. The van der Waals surface area contributed by atoms with Gasteiger partial charge in [-0.3, -0.25) is 0 Å². The first-order valence-corrected chi connectivity index (χ1v) is 18.1. The maximum atomic E-state index is 6.01. The van der Waals surface area contributed by atoms with Gasteiger partial charge in [0.2, 0.25) is 0 Å². The van der Waals surface area contributed by atoms with Crippen LogP contribution < -0.4 is 9.80 Å². The van der Waals surface area contributed by atoms with E-state index in [-0.39, 0.29) is 15.7 Å². The van der Waals surface area contributed by atoms with Crippen molar-refractivity contribution in [2.45, 2.75) is 33.9 Å². The van der Waals surface area contributed by atoms with Gasteiger partial charge in [0.1, 0.15) is 0 Å². The van der Waals surface area contributed by atoms with Crippen LogP contribution in [0.5, 0.6) is 0 Å². The third kappa shape index (κ3) is 9.39. The van der Waals surface area contributed by atoms with Crippen LogP contribution in [0.4, 0.5) is 11.4 Å². The summed E-state index contributed by atoms with van der Waals surface area (Å²) < 4.78 is 2.16. The first kappa shape index (κ1) is 33.2. The quantitative estimate of drug-likeness (QED) is 0.0934. The van der Waals surface area contributed by atoms with Gasteiger partial charge < -0.3 is 9.80 Å².